The van der Waals surface area contributed by atoms with Gasteiger partial charge in [0, 0.05) is 25.4 Å². The first-order chi connectivity index (χ1) is 8.20. The Labute approximate surface area is 99.9 Å². The molecule has 1 rings (SSSR count). The van der Waals surface area contributed by atoms with E-state index in [1.165, 1.54) is 6.20 Å². The van der Waals surface area contributed by atoms with E-state index >= 15 is 0 Å². The number of carbonyl (C=O) groups excluding carboxylic acids is 1. The fourth-order valence-electron chi connectivity index (χ4n) is 1.38. The summed E-state index contributed by atoms with van der Waals surface area (Å²) in [5.41, 5.74) is 0.540. The lowest BCUT2D eigenvalue weighted by Gasteiger charge is -2.04. The summed E-state index contributed by atoms with van der Waals surface area (Å²) < 4.78 is 0. The minimum absolute atomic E-state index is 0.142. The smallest absolute Gasteiger partial charge is 0.303 e. The van der Waals surface area contributed by atoms with E-state index in [9.17, 15) is 9.59 Å². The van der Waals surface area contributed by atoms with Gasteiger partial charge in [-0.15, -0.1) is 0 Å². The number of pyridine rings is 1. The van der Waals surface area contributed by atoms with Gasteiger partial charge in [0.15, 0.2) is 0 Å². The number of aliphatic carboxylic acids is 1. The molecule has 1 aromatic rings. The molecule has 0 aliphatic rings. The predicted molar refractivity (Wildman–Crippen MR) is 62.7 cm³/mol. The summed E-state index contributed by atoms with van der Waals surface area (Å²) >= 11 is 0. The SMILES string of the molecule is O=C(O)CCCCCNC(=O)c1cccnc1. The number of hydrogen-bond acceptors (Lipinski definition) is 3. The van der Waals surface area contributed by atoms with Gasteiger partial charge in [0.25, 0.3) is 5.91 Å². The van der Waals surface area contributed by atoms with Crippen LogP contribution in [0.1, 0.15) is 36.0 Å². The highest BCUT2D eigenvalue weighted by atomic mass is 16.4. The normalized spacial score (nSPS) is 9.88. The summed E-state index contributed by atoms with van der Waals surface area (Å²) in [5, 5.41) is 11.2. The quantitative estimate of drug-likeness (QED) is 0.702. The van der Waals surface area contributed by atoms with Crippen molar-refractivity contribution in [2.24, 2.45) is 0 Å². The third kappa shape index (κ3) is 5.65. The number of nitrogens with one attached hydrogen (secondary N) is 1. The third-order valence-electron chi connectivity index (χ3n) is 2.28. The van der Waals surface area contributed by atoms with E-state index < -0.39 is 5.97 Å². The molecule has 17 heavy (non-hydrogen) atoms. The summed E-state index contributed by atoms with van der Waals surface area (Å²) in [6, 6.07) is 3.41. The molecule has 1 amide bonds. The Balaban J connectivity index is 2.11. The molecule has 2 N–H and O–H groups in total. The average Bonchev–Trinajstić information content (AvgIpc) is 2.34. The van der Waals surface area contributed by atoms with E-state index in [1.807, 2.05) is 0 Å². The number of hydrogen-bond donors (Lipinski definition) is 2. The van der Waals surface area contributed by atoms with E-state index in [1.54, 1.807) is 18.3 Å². The van der Waals surface area contributed by atoms with E-state index in [4.69, 9.17) is 5.11 Å². The number of unbranched alkanes of at least 4 members (excludes halogenated alkanes) is 2. The zero-order valence-corrected chi connectivity index (χ0v) is 9.56. The zero-order valence-electron chi connectivity index (χ0n) is 9.56. The van der Waals surface area contributed by atoms with Gasteiger partial charge in [0.05, 0.1) is 5.56 Å². The van der Waals surface area contributed by atoms with Crippen molar-refractivity contribution in [1.29, 1.82) is 0 Å². The molecule has 0 fully saturated rings. The van der Waals surface area contributed by atoms with Gasteiger partial charge in [-0.05, 0) is 25.0 Å². The van der Waals surface area contributed by atoms with Gasteiger partial charge in [-0.2, -0.15) is 0 Å². The van der Waals surface area contributed by atoms with Crippen molar-refractivity contribution in [1.82, 2.24) is 10.3 Å². The minimum Gasteiger partial charge on any atom is -0.481 e. The molecule has 5 nitrogen and oxygen atoms in total. The van der Waals surface area contributed by atoms with Crippen LogP contribution in [0.5, 0.6) is 0 Å². The summed E-state index contributed by atoms with van der Waals surface area (Å²) in [6.45, 7) is 0.563. The lowest BCUT2D eigenvalue weighted by molar-refractivity contribution is -0.137. The molecule has 0 aliphatic carbocycles. The average molecular weight is 236 g/mol. The maximum atomic E-state index is 11.5. The molecule has 92 valence electrons. The molecule has 0 saturated heterocycles. The number of amides is 1. The Hall–Kier alpha value is -1.91. The number of aromatic nitrogens is 1. The standard InChI is InChI=1S/C12H16N2O3/c15-11(16)6-2-1-3-8-14-12(17)10-5-4-7-13-9-10/h4-5,7,9H,1-3,6,8H2,(H,14,17)(H,15,16). The number of carboxylic acid groups (broad SMARTS) is 1. The van der Waals surface area contributed by atoms with Crippen molar-refractivity contribution in [3.8, 4) is 0 Å². The monoisotopic (exact) mass is 236 g/mol. The van der Waals surface area contributed by atoms with Crippen molar-refractivity contribution < 1.29 is 14.7 Å². The second kappa shape index (κ2) is 7.38. The fraction of sp³-hybridized carbons (Fsp3) is 0.417. The molecule has 0 radical (unpaired) electrons. The van der Waals surface area contributed by atoms with Crippen LogP contribution in [0, 0.1) is 0 Å². The van der Waals surface area contributed by atoms with Gasteiger partial charge < -0.3 is 10.4 Å². The molecular formula is C12H16N2O3. The van der Waals surface area contributed by atoms with Crippen LogP contribution in [0.25, 0.3) is 0 Å². The molecule has 0 aromatic carbocycles. The molecule has 1 heterocycles. The molecule has 0 aliphatic heterocycles. The van der Waals surface area contributed by atoms with Gasteiger partial charge >= 0.3 is 5.97 Å². The number of carbonyl (C=O) groups is 2. The van der Waals surface area contributed by atoms with Gasteiger partial charge in [0.2, 0.25) is 0 Å². The van der Waals surface area contributed by atoms with E-state index in [0.29, 0.717) is 18.5 Å². The molecule has 0 saturated carbocycles. The third-order valence-corrected chi connectivity index (χ3v) is 2.28. The highest BCUT2D eigenvalue weighted by Gasteiger charge is 2.03. The first-order valence-corrected chi connectivity index (χ1v) is 5.60. The van der Waals surface area contributed by atoms with Crippen LogP contribution < -0.4 is 5.32 Å². The summed E-state index contributed by atoms with van der Waals surface area (Å²) in [6.07, 6.45) is 5.57. The maximum Gasteiger partial charge on any atom is 0.303 e. The molecular weight excluding hydrogens is 220 g/mol. The second-order valence-electron chi connectivity index (χ2n) is 3.70. The number of nitrogens with zero attached hydrogens (tertiary/aromatic N) is 1. The van der Waals surface area contributed by atoms with Gasteiger partial charge in [-0.25, -0.2) is 0 Å². The Morgan fingerprint density at radius 1 is 1.29 bits per heavy atom. The van der Waals surface area contributed by atoms with E-state index in [-0.39, 0.29) is 12.3 Å². The Kier molecular flexibility index (Phi) is 5.71. The topological polar surface area (TPSA) is 79.3 Å². The highest BCUT2D eigenvalue weighted by Crippen LogP contribution is 1.99. The van der Waals surface area contributed by atoms with Crippen LogP contribution in [0.3, 0.4) is 0 Å². The van der Waals surface area contributed by atoms with Gasteiger partial charge in [-0.3, -0.25) is 14.6 Å². The Morgan fingerprint density at radius 3 is 2.76 bits per heavy atom. The number of carboxylic acids is 1. The molecule has 1 aromatic heterocycles. The Morgan fingerprint density at radius 2 is 2.12 bits per heavy atom. The lowest BCUT2D eigenvalue weighted by atomic mass is 10.2. The predicted octanol–water partition coefficient (Wildman–Crippen LogP) is 1.46. The van der Waals surface area contributed by atoms with Crippen LogP contribution in [-0.2, 0) is 4.79 Å². The van der Waals surface area contributed by atoms with Crippen LogP contribution in [0.15, 0.2) is 24.5 Å². The summed E-state index contributed by atoms with van der Waals surface area (Å²) in [4.78, 5) is 25.6. The van der Waals surface area contributed by atoms with Crippen molar-refractivity contribution in [2.45, 2.75) is 25.7 Å². The van der Waals surface area contributed by atoms with E-state index in [0.717, 1.165) is 12.8 Å². The summed E-state index contributed by atoms with van der Waals surface area (Å²) in [5.74, 6) is -0.916. The molecule has 0 bridgehead atoms. The first-order valence-electron chi connectivity index (χ1n) is 5.60. The second-order valence-corrected chi connectivity index (χ2v) is 3.70. The van der Waals surface area contributed by atoms with Gasteiger partial charge in [0.1, 0.15) is 0 Å². The summed E-state index contributed by atoms with van der Waals surface area (Å²) in [7, 11) is 0. The number of rotatable bonds is 7. The molecule has 5 heteroatoms. The van der Waals surface area contributed by atoms with Crippen molar-refractivity contribution in [3.63, 3.8) is 0 Å². The van der Waals surface area contributed by atoms with Crippen molar-refractivity contribution in [3.05, 3.63) is 30.1 Å². The molecule has 0 atom stereocenters. The highest BCUT2D eigenvalue weighted by molar-refractivity contribution is 5.93. The largest absolute Gasteiger partial charge is 0.481 e. The van der Waals surface area contributed by atoms with Crippen LogP contribution in [-0.4, -0.2) is 28.5 Å². The van der Waals surface area contributed by atoms with Crippen LogP contribution in [0.4, 0.5) is 0 Å². The fourth-order valence-corrected chi connectivity index (χ4v) is 1.38. The van der Waals surface area contributed by atoms with Gasteiger partial charge in [-0.1, -0.05) is 6.42 Å². The lowest BCUT2D eigenvalue weighted by Crippen LogP contribution is -2.24. The van der Waals surface area contributed by atoms with Crippen LogP contribution in [0.2, 0.25) is 0 Å². The Bertz CT molecular complexity index is 365. The van der Waals surface area contributed by atoms with Crippen molar-refractivity contribution >= 4 is 11.9 Å². The first kappa shape index (κ1) is 13.2. The van der Waals surface area contributed by atoms with Crippen LogP contribution >= 0.6 is 0 Å². The molecule has 0 spiro atoms. The van der Waals surface area contributed by atoms with E-state index in [2.05, 4.69) is 10.3 Å². The minimum atomic E-state index is -0.774. The maximum absolute atomic E-state index is 11.5. The zero-order chi connectivity index (χ0) is 12.5. The molecule has 0 unspecified atom stereocenters. The van der Waals surface area contributed by atoms with Crippen molar-refractivity contribution in [2.75, 3.05) is 6.54 Å².